The Kier molecular flexibility index (Phi) is 2.60. The van der Waals surface area contributed by atoms with E-state index in [0.717, 1.165) is 10.2 Å². The molecule has 0 fully saturated rings. The van der Waals surface area contributed by atoms with E-state index in [2.05, 4.69) is 41.2 Å². The summed E-state index contributed by atoms with van der Waals surface area (Å²) in [5.41, 5.74) is 7.88. The summed E-state index contributed by atoms with van der Waals surface area (Å²) in [6, 6.07) is 7.70. The fourth-order valence-corrected chi connectivity index (χ4v) is 2.01. The van der Waals surface area contributed by atoms with Crippen LogP contribution in [0.3, 0.4) is 0 Å². The highest BCUT2D eigenvalue weighted by Gasteiger charge is 2.07. The Morgan fingerprint density at radius 1 is 1.28 bits per heavy atom. The van der Waals surface area contributed by atoms with Crippen LogP contribution in [0.1, 0.15) is 0 Å². The van der Waals surface area contributed by atoms with Crippen LogP contribution in [0.4, 0.5) is 17.5 Å². The summed E-state index contributed by atoms with van der Waals surface area (Å²) in [5, 5.41) is 3.08. The first kappa shape index (κ1) is 11.0. The van der Waals surface area contributed by atoms with Gasteiger partial charge in [-0.2, -0.15) is 9.97 Å². The minimum Gasteiger partial charge on any atom is -0.382 e. The predicted molar refractivity (Wildman–Crippen MR) is 73.5 cm³/mol. The maximum atomic E-state index is 5.81. The second kappa shape index (κ2) is 4.26. The Hall–Kier alpha value is -2.15. The molecule has 7 heteroatoms. The number of H-pyrrole nitrogens is 1. The molecule has 0 atom stereocenters. The molecule has 0 unspecified atom stereocenters. The van der Waals surface area contributed by atoms with Gasteiger partial charge in [0.2, 0.25) is 5.95 Å². The van der Waals surface area contributed by atoms with Crippen molar-refractivity contribution in [3.63, 3.8) is 0 Å². The summed E-state index contributed by atoms with van der Waals surface area (Å²) in [5.74, 6) is 0.792. The molecule has 3 aromatic rings. The van der Waals surface area contributed by atoms with Gasteiger partial charge in [0.15, 0.2) is 11.5 Å². The predicted octanol–water partition coefficient (Wildman–Crippen LogP) is 2.44. The van der Waals surface area contributed by atoms with Crippen molar-refractivity contribution in [3.05, 3.63) is 35.1 Å². The van der Waals surface area contributed by atoms with E-state index >= 15 is 0 Å². The molecular formula is C11H9BrN6. The van der Waals surface area contributed by atoms with Gasteiger partial charge in [-0.25, -0.2) is 4.98 Å². The topological polar surface area (TPSA) is 92.5 Å². The maximum absolute atomic E-state index is 5.81. The SMILES string of the molecule is Nc1nc(Nc2cccc(Br)c2)nc2nc[nH]c12. The molecule has 90 valence electrons. The van der Waals surface area contributed by atoms with Gasteiger partial charge in [0, 0.05) is 10.2 Å². The first-order valence-electron chi connectivity index (χ1n) is 5.21. The molecule has 0 saturated carbocycles. The summed E-state index contributed by atoms with van der Waals surface area (Å²) < 4.78 is 0.973. The van der Waals surface area contributed by atoms with Crippen molar-refractivity contribution in [3.8, 4) is 0 Å². The van der Waals surface area contributed by atoms with E-state index in [-0.39, 0.29) is 0 Å². The van der Waals surface area contributed by atoms with Crippen molar-refractivity contribution in [2.24, 2.45) is 0 Å². The second-order valence-corrected chi connectivity index (χ2v) is 4.58. The third-order valence-electron chi connectivity index (χ3n) is 2.39. The van der Waals surface area contributed by atoms with Crippen molar-refractivity contribution in [1.29, 1.82) is 0 Å². The number of nitrogens with two attached hydrogens (primary N) is 1. The van der Waals surface area contributed by atoms with Gasteiger partial charge >= 0.3 is 0 Å². The van der Waals surface area contributed by atoms with Gasteiger partial charge in [-0.3, -0.25) is 0 Å². The Labute approximate surface area is 111 Å². The third-order valence-corrected chi connectivity index (χ3v) is 2.89. The zero-order valence-electron chi connectivity index (χ0n) is 9.18. The van der Waals surface area contributed by atoms with Gasteiger partial charge in [-0.15, -0.1) is 0 Å². The number of halogens is 1. The normalized spacial score (nSPS) is 10.7. The number of hydrogen-bond donors (Lipinski definition) is 3. The van der Waals surface area contributed by atoms with E-state index in [1.165, 1.54) is 0 Å². The number of aromatic amines is 1. The first-order valence-corrected chi connectivity index (χ1v) is 6.01. The molecule has 4 N–H and O–H groups in total. The monoisotopic (exact) mass is 304 g/mol. The number of rotatable bonds is 2. The van der Waals surface area contributed by atoms with Crippen molar-refractivity contribution in [2.75, 3.05) is 11.1 Å². The summed E-state index contributed by atoms with van der Waals surface area (Å²) in [6.07, 6.45) is 1.54. The molecule has 1 aromatic carbocycles. The number of nitrogen functional groups attached to an aromatic ring is 1. The number of hydrogen-bond acceptors (Lipinski definition) is 5. The molecule has 0 bridgehead atoms. The van der Waals surface area contributed by atoms with Crippen molar-refractivity contribution in [2.45, 2.75) is 0 Å². The van der Waals surface area contributed by atoms with Gasteiger partial charge in [-0.05, 0) is 18.2 Å². The number of fused-ring (bicyclic) bond motifs is 1. The van der Waals surface area contributed by atoms with Crippen molar-refractivity contribution < 1.29 is 0 Å². The molecular weight excluding hydrogens is 296 g/mol. The fourth-order valence-electron chi connectivity index (χ4n) is 1.61. The highest BCUT2D eigenvalue weighted by molar-refractivity contribution is 9.10. The number of benzene rings is 1. The summed E-state index contributed by atoms with van der Waals surface area (Å²) in [6.45, 7) is 0. The van der Waals surface area contributed by atoms with E-state index < -0.39 is 0 Å². The molecule has 0 amide bonds. The minimum absolute atomic E-state index is 0.370. The lowest BCUT2D eigenvalue weighted by Gasteiger charge is -2.05. The van der Waals surface area contributed by atoms with Crippen LogP contribution in [0, 0.1) is 0 Å². The highest BCUT2D eigenvalue weighted by Crippen LogP contribution is 2.21. The van der Waals surface area contributed by atoms with Crippen LogP contribution in [0.15, 0.2) is 35.1 Å². The molecule has 0 aliphatic heterocycles. The van der Waals surface area contributed by atoms with Crippen LogP contribution < -0.4 is 11.1 Å². The van der Waals surface area contributed by atoms with Gasteiger partial charge in [0.05, 0.1) is 6.33 Å². The quantitative estimate of drug-likeness (QED) is 0.676. The molecule has 0 radical (unpaired) electrons. The molecule has 2 aromatic heterocycles. The fraction of sp³-hybridized carbons (Fsp3) is 0. The standard InChI is InChI=1S/C11H9BrN6/c12-6-2-1-3-7(4-6)16-11-17-9(13)8-10(18-11)15-5-14-8/h1-5H,(H4,13,14,15,16,17,18). The van der Waals surface area contributed by atoms with E-state index in [1.54, 1.807) is 6.33 Å². The van der Waals surface area contributed by atoms with Gasteiger partial charge in [-0.1, -0.05) is 22.0 Å². The lowest BCUT2D eigenvalue weighted by atomic mass is 10.3. The van der Waals surface area contributed by atoms with Crippen LogP contribution in [-0.4, -0.2) is 19.9 Å². The third kappa shape index (κ3) is 2.00. The number of nitrogens with zero attached hydrogens (tertiary/aromatic N) is 3. The lowest BCUT2D eigenvalue weighted by Crippen LogP contribution is -2.01. The van der Waals surface area contributed by atoms with Gasteiger partial charge in [0.1, 0.15) is 5.52 Å². The summed E-state index contributed by atoms with van der Waals surface area (Å²) in [4.78, 5) is 15.4. The minimum atomic E-state index is 0.370. The van der Waals surface area contributed by atoms with Crippen molar-refractivity contribution >= 4 is 44.5 Å². The van der Waals surface area contributed by atoms with Gasteiger partial charge in [0.25, 0.3) is 0 Å². The number of aromatic nitrogens is 4. The van der Waals surface area contributed by atoms with E-state index in [0.29, 0.717) is 22.9 Å². The molecule has 18 heavy (non-hydrogen) atoms. The van der Waals surface area contributed by atoms with Crippen LogP contribution in [0.2, 0.25) is 0 Å². The van der Waals surface area contributed by atoms with Crippen LogP contribution in [0.25, 0.3) is 11.2 Å². The van der Waals surface area contributed by atoms with Crippen LogP contribution in [-0.2, 0) is 0 Å². The Bertz CT molecular complexity index is 708. The smallest absolute Gasteiger partial charge is 0.231 e. The molecule has 0 aliphatic carbocycles. The number of nitrogens with one attached hydrogen (secondary N) is 2. The summed E-state index contributed by atoms with van der Waals surface area (Å²) in [7, 11) is 0. The number of imidazole rings is 1. The highest BCUT2D eigenvalue weighted by atomic mass is 79.9. The molecule has 0 aliphatic rings. The maximum Gasteiger partial charge on any atom is 0.231 e. The van der Waals surface area contributed by atoms with Crippen molar-refractivity contribution in [1.82, 2.24) is 19.9 Å². The largest absolute Gasteiger partial charge is 0.382 e. The molecule has 3 rings (SSSR count). The Morgan fingerprint density at radius 3 is 3.00 bits per heavy atom. The Morgan fingerprint density at radius 2 is 2.17 bits per heavy atom. The van der Waals surface area contributed by atoms with Gasteiger partial charge < -0.3 is 16.0 Å². The van der Waals surface area contributed by atoms with Crippen LogP contribution in [0.5, 0.6) is 0 Å². The molecule has 6 nitrogen and oxygen atoms in total. The molecule has 2 heterocycles. The van der Waals surface area contributed by atoms with E-state index in [4.69, 9.17) is 5.73 Å². The molecule has 0 spiro atoms. The zero-order chi connectivity index (χ0) is 12.5. The zero-order valence-corrected chi connectivity index (χ0v) is 10.8. The second-order valence-electron chi connectivity index (χ2n) is 3.67. The summed E-state index contributed by atoms with van der Waals surface area (Å²) >= 11 is 3.40. The Balaban J connectivity index is 1.99. The average molecular weight is 305 g/mol. The lowest BCUT2D eigenvalue weighted by molar-refractivity contribution is 1.20. The molecule has 0 saturated heterocycles. The average Bonchev–Trinajstić information content (AvgIpc) is 2.77. The van der Waals surface area contributed by atoms with E-state index in [1.807, 2.05) is 24.3 Å². The first-order chi connectivity index (χ1) is 8.72. The van der Waals surface area contributed by atoms with E-state index in [9.17, 15) is 0 Å². The van der Waals surface area contributed by atoms with Crippen LogP contribution >= 0.6 is 15.9 Å². The number of anilines is 3.